The zero-order chi connectivity index (χ0) is 14.4. The van der Waals surface area contributed by atoms with Crippen LogP contribution in [-0.4, -0.2) is 21.5 Å². The Balaban J connectivity index is 1.94. The van der Waals surface area contributed by atoms with Crippen LogP contribution < -0.4 is 10.1 Å². The van der Waals surface area contributed by atoms with Crippen LogP contribution in [0.4, 0.5) is 15.8 Å². The smallest absolute Gasteiger partial charge is 0.345 e. The second-order valence-corrected chi connectivity index (χ2v) is 4.98. The first kappa shape index (κ1) is 14.2. The molecule has 8 heteroatoms. The van der Waals surface area contributed by atoms with Gasteiger partial charge in [-0.1, -0.05) is 13.3 Å². The molecule has 2 aromatic heterocycles. The lowest BCUT2D eigenvalue weighted by Gasteiger charge is -2.05. The van der Waals surface area contributed by atoms with Crippen LogP contribution in [0.15, 0.2) is 24.5 Å². The first-order valence-electron chi connectivity index (χ1n) is 6.15. The highest BCUT2D eigenvalue weighted by atomic mass is 32.1. The number of ether oxygens (including phenoxy) is 1. The molecule has 0 saturated carbocycles. The Morgan fingerprint density at radius 1 is 1.40 bits per heavy atom. The van der Waals surface area contributed by atoms with Crippen molar-refractivity contribution in [3.05, 3.63) is 34.6 Å². The lowest BCUT2D eigenvalue weighted by molar-refractivity contribution is -0.380. The molecule has 0 spiro atoms. The van der Waals surface area contributed by atoms with Crippen LogP contribution in [-0.2, 0) is 0 Å². The third kappa shape index (κ3) is 3.89. The fourth-order valence-corrected chi connectivity index (χ4v) is 2.04. The Bertz CT molecular complexity index is 570. The van der Waals surface area contributed by atoms with Crippen molar-refractivity contribution < 1.29 is 9.66 Å². The van der Waals surface area contributed by atoms with E-state index in [-0.39, 0.29) is 5.00 Å². The highest BCUT2D eigenvalue weighted by Crippen LogP contribution is 2.27. The van der Waals surface area contributed by atoms with E-state index in [0.717, 1.165) is 24.2 Å². The first-order valence-corrected chi connectivity index (χ1v) is 6.97. The lowest BCUT2D eigenvalue weighted by atomic mass is 10.4. The van der Waals surface area contributed by atoms with Crippen molar-refractivity contribution in [1.29, 1.82) is 0 Å². The number of nitrogens with one attached hydrogen (secondary N) is 1. The summed E-state index contributed by atoms with van der Waals surface area (Å²) in [6, 6.07) is 3.54. The van der Waals surface area contributed by atoms with Crippen LogP contribution in [0.1, 0.15) is 19.8 Å². The van der Waals surface area contributed by atoms with E-state index >= 15 is 0 Å². The molecule has 0 radical (unpaired) electrons. The summed E-state index contributed by atoms with van der Waals surface area (Å²) >= 11 is 0.977. The van der Waals surface area contributed by atoms with E-state index in [9.17, 15) is 10.1 Å². The fourth-order valence-electron chi connectivity index (χ4n) is 1.39. The molecule has 0 aromatic carbocycles. The summed E-state index contributed by atoms with van der Waals surface area (Å²) in [4.78, 5) is 18.2. The van der Waals surface area contributed by atoms with Gasteiger partial charge in [0.25, 0.3) is 0 Å². The van der Waals surface area contributed by atoms with Gasteiger partial charge in [-0.3, -0.25) is 10.1 Å². The molecule has 1 N–H and O–H groups in total. The van der Waals surface area contributed by atoms with Crippen molar-refractivity contribution in [2.45, 2.75) is 19.8 Å². The number of hydrogen-bond donors (Lipinski definition) is 1. The topological polar surface area (TPSA) is 90.2 Å². The van der Waals surface area contributed by atoms with Gasteiger partial charge in [0.1, 0.15) is 6.20 Å². The predicted octanol–water partition coefficient (Wildman–Crippen LogP) is 3.37. The van der Waals surface area contributed by atoms with Gasteiger partial charge < -0.3 is 10.1 Å². The highest BCUT2D eigenvalue weighted by molar-refractivity contribution is 7.18. The number of aromatic nitrogens is 2. The van der Waals surface area contributed by atoms with Crippen molar-refractivity contribution in [3.8, 4) is 5.88 Å². The summed E-state index contributed by atoms with van der Waals surface area (Å²) in [7, 11) is 0. The number of anilines is 2. The van der Waals surface area contributed by atoms with Gasteiger partial charge in [0.2, 0.25) is 5.88 Å². The molecule has 0 unspecified atom stereocenters. The summed E-state index contributed by atoms with van der Waals surface area (Å²) in [6.45, 7) is 2.74. The van der Waals surface area contributed by atoms with E-state index < -0.39 is 4.92 Å². The quantitative estimate of drug-likeness (QED) is 0.478. The molecule has 0 aliphatic heterocycles. The molecule has 0 aliphatic rings. The number of hydrogen-bond acceptors (Lipinski definition) is 7. The third-order valence-corrected chi connectivity index (χ3v) is 3.27. The summed E-state index contributed by atoms with van der Waals surface area (Å²) in [6.07, 6.45) is 4.89. The minimum absolute atomic E-state index is 0.0000201. The van der Waals surface area contributed by atoms with Crippen LogP contribution in [0.5, 0.6) is 5.88 Å². The molecule has 0 atom stereocenters. The Kier molecular flexibility index (Phi) is 4.83. The van der Waals surface area contributed by atoms with E-state index in [1.807, 2.05) is 0 Å². The van der Waals surface area contributed by atoms with Crippen molar-refractivity contribution in [2.24, 2.45) is 0 Å². The minimum atomic E-state index is -0.467. The standard InChI is InChI=1S/C12H14N4O3S/c1-2-3-6-19-10-5-4-9(7-13-10)15-12-14-8-11(20-12)16(17)18/h4-5,7-8H,2-3,6H2,1H3,(H,14,15). The monoisotopic (exact) mass is 294 g/mol. The molecule has 7 nitrogen and oxygen atoms in total. The predicted molar refractivity (Wildman–Crippen MR) is 76.7 cm³/mol. The average Bonchev–Trinajstić information content (AvgIpc) is 2.90. The maximum absolute atomic E-state index is 10.6. The SMILES string of the molecule is CCCCOc1ccc(Nc2ncc([N+](=O)[O-])s2)cn1. The van der Waals surface area contributed by atoms with Crippen LogP contribution in [0, 0.1) is 10.1 Å². The van der Waals surface area contributed by atoms with Gasteiger partial charge in [-0.15, -0.1) is 0 Å². The van der Waals surface area contributed by atoms with Crippen LogP contribution in [0.2, 0.25) is 0 Å². The maximum atomic E-state index is 10.6. The Hall–Kier alpha value is -2.22. The number of unbranched alkanes of at least 4 members (excludes halogenated alkanes) is 1. The first-order chi connectivity index (χ1) is 9.69. The molecule has 0 aliphatic carbocycles. The van der Waals surface area contributed by atoms with Gasteiger partial charge in [-0.25, -0.2) is 9.97 Å². The van der Waals surface area contributed by atoms with E-state index in [2.05, 4.69) is 22.2 Å². The largest absolute Gasteiger partial charge is 0.478 e. The van der Waals surface area contributed by atoms with E-state index in [1.165, 1.54) is 6.20 Å². The zero-order valence-corrected chi connectivity index (χ0v) is 11.7. The maximum Gasteiger partial charge on any atom is 0.345 e. The van der Waals surface area contributed by atoms with Gasteiger partial charge in [0.15, 0.2) is 5.13 Å². The molecule has 0 saturated heterocycles. The molecule has 106 valence electrons. The lowest BCUT2D eigenvalue weighted by Crippen LogP contribution is -1.98. The minimum Gasteiger partial charge on any atom is -0.478 e. The molecular formula is C12H14N4O3S. The third-order valence-electron chi connectivity index (χ3n) is 2.41. The number of rotatable bonds is 7. The molecule has 20 heavy (non-hydrogen) atoms. The molecule has 0 amide bonds. The van der Waals surface area contributed by atoms with Gasteiger partial charge >= 0.3 is 5.00 Å². The Morgan fingerprint density at radius 2 is 2.25 bits per heavy atom. The molecule has 2 rings (SSSR count). The molecule has 2 aromatic rings. The van der Waals surface area contributed by atoms with Gasteiger partial charge in [-0.05, 0) is 23.8 Å². The van der Waals surface area contributed by atoms with Crippen molar-refractivity contribution in [3.63, 3.8) is 0 Å². The number of thiazole rings is 1. The average molecular weight is 294 g/mol. The van der Waals surface area contributed by atoms with E-state index in [0.29, 0.717) is 23.3 Å². The molecule has 2 heterocycles. The fraction of sp³-hybridized carbons (Fsp3) is 0.333. The van der Waals surface area contributed by atoms with Crippen LogP contribution in [0.25, 0.3) is 0 Å². The van der Waals surface area contributed by atoms with Gasteiger partial charge in [0, 0.05) is 6.07 Å². The Labute approximate surface area is 119 Å². The van der Waals surface area contributed by atoms with Crippen molar-refractivity contribution >= 4 is 27.2 Å². The highest BCUT2D eigenvalue weighted by Gasteiger charge is 2.11. The number of nitrogens with zero attached hydrogens (tertiary/aromatic N) is 3. The van der Waals surface area contributed by atoms with Crippen LogP contribution in [0.3, 0.4) is 0 Å². The van der Waals surface area contributed by atoms with Gasteiger partial charge in [-0.2, -0.15) is 0 Å². The second-order valence-electron chi connectivity index (χ2n) is 3.97. The van der Waals surface area contributed by atoms with E-state index in [1.54, 1.807) is 18.3 Å². The van der Waals surface area contributed by atoms with Gasteiger partial charge in [0.05, 0.1) is 23.4 Å². The summed E-state index contributed by atoms with van der Waals surface area (Å²) in [5.41, 5.74) is 0.706. The van der Waals surface area contributed by atoms with E-state index in [4.69, 9.17) is 4.74 Å². The zero-order valence-electron chi connectivity index (χ0n) is 10.9. The molecule has 0 fully saturated rings. The normalized spacial score (nSPS) is 10.2. The van der Waals surface area contributed by atoms with Crippen LogP contribution >= 0.6 is 11.3 Å². The second kappa shape index (κ2) is 6.80. The number of pyridine rings is 1. The van der Waals surface area contributed by atoms with Crippen molar-refractivity contribution in [2.75, 3.05) is 11.9 Å². The summed E-state index contributed by atoms with van der Waals surface area (Å²) < 4.78 is 5.45. The number of nitro groups is 1. The molecular weight excluding hydrogens is 280 g/mol. The summed E-state index contributed by atoms with van der Waals surface area (Å²) in [5, 5.41) is 14.0. The molecule has 0 bridgehead atoms. The van der Waals surface area contributed by atoms with Crippen molar-refractivity contribution in [1.82, 2.24) is 9.97 Å². The Morgan fingerprint density at radius 3 is 2.85 bits per heavy atom. The summed E-state index contributed by atoms with van der Waals surface area (Å²) in [5.74, 6) is 0.564.